The van der Waals surface area contributed by atoms with E-state index in [1.807, 2.05) is 4.57 Å². The minimum absolute atomic E-state index is 0.0574. The lowest BCUT2D eigenvalue weighted by molar-refractivity contribution is -0.0478. The Morgan fingerprint density at radius 3 is 2.65 bits per heavy atom. The van der Waals surface area contributed by atoms with Gasteiger partial charge in [0.1, 0.15) is 30.2 Å². The van der Waals surface area contributed by atoms with Crippen molar-refractivity contribution in [2.45, 2.75) is 37.0 Å². The maximum Gasteiger partial charge on any atom is 0.377 e. The van der Waals surface area contributed by atoms with Crippen LogP contribution in [0.3, 0.4) is 0 Å². The third kappa shape index (κ3) is 4.99. The number of nitrogens with one attached hydrogen (secondary N) is 1. The Balaban J connectivity index is 1.14. The van der Waals surface area contributed by atoms with Crippen LogP contribution in [0.25, 0.3) is 28.1 Å². The molecule has 0 aromatic carbocycles. The highest BCUT2D eigenvalue weighted by Gasteiger charge is 2.50. The monoisotopic (exact) mass is 710 g/mol. The van der Waals surface area contributed by atoms with Crippen molar-refractivity contribution >= 4 is 71.0 Å². The molecule has 3 aliphatic rings. The number of aromatic amines is 1. The van der Waals surface area contributed by atoms with E-state index in [0.717, 1.165) is 0 Å². The van der Waals surface area contributed by atoms with Gasteiger partial charge in [-0.3, -0.25) is 23.3 Å². The summed E-state index contributed by atoms with van der Waals surface area (Å²) in [6, 6.07) is -0.266. The molecule has 2 fully saturated rings. The molecule has 5 aromatic rings. The van der Waals surface area contributed by atoms with Crippen LogP contribution in [-0.4, -0.2) is 89.9 Å². The summed E-state index contributed by atoms with van der Waals surface area (Å²) < 4.78 is 33.9. The molecule has 0 amide bonds. The summed E-state index contributed by atoms with van der Waals surface area (Å²) in [5, 5.41) is 11.3. The lowest BCUT2D eigenvalue weighted by Gasteiger charge is -2.40. The van der Waals surface area contributed by atoms with E-state index in [9.17, 15) is 19.7 Å². The Morgan fingerprint density at radius 1 is 1.02 bits per heavy atom. The zero-order valence-corrected chi connectivity index (χ0v) is 26.6. The van der Waals surface area contributed by atoms with Gasteiger partial charge in [-0.2, -0.15) is 0 Å². The van der Waals surface area contributed by atoms with Crippen LogP contribution in [0.2, 0.25) is 0 Å². The third-order valence-corrected chi connectivity index (χ3v) is 11.2. The van der Waals surface area contributed by atoms with Crippen LogP contribution in [0.4, 0.5) is 5.82 Å². The second kappa shape index (κ2) is 10.9. The summed E-state index contributed by atoms with van der Waals surface area (Å²) in [5.41, 5.74) is 7.38. The molecule has 6 N–H and O–H groups in total. The SMILES string of the molecule is Nc1ncnc2c1ncn2[C@@H]1C/C2=C/OP(O)(=S)O[C@@H]3[C@H](O)[C@@H](COP(O)(=S)OC[C@H]21)O[C@H]3n1cnc2c(=O)[nH]c3nccn3c21. The number of H-pyrrole nitrogens is 1. The van der Waals surface area contributed by atoms with Gasteiger partial charge in [0.2, 0.25) is 5.78 Å². The van der Waals surface area contributed by atoms with Gasteiger partial charge in [0.05, 0.1) is 32.1 Å². The highest BCUT2D eigenvalue weighted by atomic mass is 32.5. The number of aromatic nitrogens is 9. The first-order valence-electron chi connectivity index (χ1n) is 13.7. The normalized spacial score (nSPS) is 34.9. The van der Waals surface area contributed by atoms with Crippen molar-refractivity contribution in [2.24, 2.45) is 5.92 Å². The summed E-state index contributed by atoms with van der Waals surface area (Å²) in [7, 11) is 0. The van der Waals surface area contributed by atoms with Gasteiger partial charge in [0.25, 0.3) is 5.56 Å². The fourth-order valence-electron chi connectivity index (χ4n) is 5.93. The van der Waals surface area contributed by atoms with E-state index < -0.39 is 56.1 Å². The van der Waals surface area contributed by atoms with Crippen LogP contribution in [-0.2, 0) is 46.4 Å². The molecule has 23 heteroatoms. The number of aliphatic hydroxyl groups is 1. The van der Waals surface area contributed by atoms with Crippen LogP contribution in [0.1, 0.15) is 18.7 Å². The number of hydrogen-bond acceptors (Lipinski definition) is 15. The summed E-state index contributed by atoms with van der Waals surface area (Å²) in [4.78, 5) is 58.4. The lowest BCUT2D eigenvalue weighted by atomic mass is 9.75. The van der Waals surface area contributed by atoms with Crippen LogP contribution >= 0.6 is 13.4 Å². The van der Waals surface area contributed by atoms with Gasteiger partial charge in [-0.15, -0.1) is 0 Å². The van der Waals surface area contributed by atoms with Gasteiger partial charge in [0.15, 0.2) is 28.9 Å². The molecule has 242 valence electrons. The molecule has 8 atom stereocenters. The van der Waals surface area contributed by atoms with Crippen molar-refractivity contribution in [3.8, 4) is 0 Å². The number of anilines is 1. The van der Waals surface area contributed by atoms with Crippen LogP contribution in [0, 0.1) is 5.92 Å². The molecule has 1 saturated carbocycles. The molecule has 46 heavy (non-hydrogen) atoms. The van der Waals surface area contributed by atoms with Crippen LogP contribution in [0.5, 0.6) is 0 Å². The summed E-state index contributed by atoms with van der Waals surface area (Å²) >= 11 is 10.6. The van der Waals surface area contributed by atoms with E-state index in [0.29, 0.717) is 23.2 Å². The fourth-order valence-corrected chi connectivity index (χ4v) is 8.34. The number of nitrogens with zero attached hydrogens (tertiary/aromatic N) is 8. The Bertz CT molecular complexity index is 2200. The van der Waals surface area contributed by atoms with E-state index in [2.05, 4.69) is 29.9 Å². The molecule has 0 radical (unpaired) electrons. The summed E-state index contributed by atoms with van der Waals surface area (Å²) in [5.74, 6) is 0.0369. The average molecular weight is 711 g/mol. The Hall–Kier alpha value is -3.20. The van der Waals surface area contributed by atoms with E-state index in [1.54, 1.807) is 16.9 Å². The van der Waals surface area contributed by atoms with E-state index in [4.69, 9.17) is 52.2 Å². The molecule has 7 heterocycles. The molecule has 0 spiro atoms. The largest absolute Gasteiger partial charge is 0.432 e. The van der Waals surface area contributed by atoms with Crippen molar-refractivity contribution in [3.05, 3.63) is 53.6 Å². The standard InChI is InChI=1S/C23H24N10O9P2S2/c24-18-14-19(27-7-26-18)32(8-28-14)12-3-10-4-38-44(37,46)42-17-16(34)13(6-40-43(36,45)39-5-11(10)12)41-22(17)33-9-29-15-20(35)30-23-25-1-2-31(23)21(15)33/h1-2,4,7-9,11-13,16-17,22,34H,3,5-6H2,(H,36,45)(H,37,46)(H2,24,26,27)(H,25,30,35)/b10-4-/t11-,12-,13-,16-,17-,22-,43?,44?/m1/s1. The van der Waals surface area contributed by atoms with Crippen LogP contribution in [0.15, 0.2) is 48.0 Å². The maximum atomic E-state index is 12.7. The van der Waals surface area contributed by atoms with E-state index >= 15 is 0 Å². The van der Waals surface area contributed by atoms with Crippen molar-refractivity contribution < 1.29 is 37.7 Å². The predicted molar refractivity (Wildman–Crippen MR) is 165 cm³/mol. The Kier molecular flexibility index (Phi) is 7.16. The topological polar surface area (TPSA) is 244 Å². The quantitative estimate of drug-likeness (QED) is 0.155. The molecule has 2 aliphatic heterocycles. The van der Waals surface area contributed by atoms with Gasteiger partial charge in [-0.25, -0.2) is 24.9 Å². The number of aliphatic hydroxyl groups excluding tert-OH is 1. The van der Waals surface area contributed by atoms with Gasteiger partial charge in [-0.1, -0.05) is 0 Å². The van der Waals surface area contributed by atoms with Gasteiger partial charge in [0, 0.05) is 36.2 Å². The number of hydrogen-bond donors (Lipinski definition) is 5. The zero-order valence-electron chi connectivity index (χ0n) is 23.2. The molecular weight excluding hydrogens is 686 g/mol. The predicted octanol–water partition coefficient (Wildman–Crippen LogP) is 0.380. The minimum Gasteiger partial charge on any atom is -0.432 e. The number of nitrogen functional groups attached to an aromatic ring is 1. The van der Waals surface area contributed by atoms with Crippen LogP contribution < -0.4 is 11.3 Å². The number of rotatable bonds is 2. The number of ether oxygens (including phenoxy) is 1. The second-order valence-electron chi connectivity index (χ2n) is 10.8. The van der Waals surface area contributed by atoms with Gasteiger partial charge >= 0.3 is 13.4 Å². The second-order valence-corrected chi connectivity index (χ2v) is 16.4. The zero-order chi connectivity index (χ0) is 32.0. The number of fused-ring (bicyclic) bond motifs is 7. The van der Waals surface area contributed by atoms with Crippen molar-refractivity contribution in [3.63, 3.8) is 0 Å². The Labute approximate surface area is 267 Å². The van der Waals surface area contributed by atoms with Gasteiger partial charge < -0.3 is 43.5 Å². The highest BCUT2D eigenvalue weighted by molar-refractivity contribution is 8.07. The first kappa shape index (κ1) is 30.2. The molecule has 2 unspecified atom stereocenters. The molecule has 19 nitrogen and oxygen atoms in total. The van der Waals surface area contributed by atoms with Gasteiger partial charge in [-0.05, 0) is 23.8 Å². The molecule has 8 rings (SSSR count). The average Bonchev–Trinajstić information content (AvgIpc) is 3.78. The fraction of sp³-hybridized carbons (Fsp3) is 0.391. The number of imidazole rings is 3. The van der Waals surface area contributed by atoms with Crippen molar-refractivity contribution in [1.82, 2.24) is 43.4 Å². The smallest absolute Gasteiger partial charge is 0.377 e. The van der Waals surface area contributed by atoms with E-state index in [1.165, 1.54) is 29.7 Å². The van der Waals surface area contributed by atoms with E-state index in [-0.39, 0.29) is 35.4 Å². The molecule has 1 aliphatic carbocycles. The summed E-state index contributed by atoms with van der Waals surface area (Å²) in [6.45, 7) is -8.45. The first-order valence-corrected chi connectivity index (χ1v) is 18.9. The highest BCUT2D eigenvalue weighted by Crippen LogP contribution is 2.55. The molecular formula is C23H24N10O9P2S2. The van der Waals surface area contributed by atoms with Crippen molar-refractivity contribution in [1.29, 1.82) is 0 Å². The maximum absolute atomic E-state index is 12.7. The minimum atomic E-state index is -4.08. The molecule has 2 bridgehead atoms. The lowest BCUT2D eigenvalue weighted by Crippen LogP contribution is -2.36. The number of nitrogens with two attached hydrogens (primary N) is 1. The third-order valence-electron chi connectivity index (χ3n) is 8.21. The van der Waals surface area contributed by atoms with Crippen molar-refractivity contribution in [2.75, 3.05) is 18.9 Å². The molecule has 1 saturated heterocycles. The summed E-state index contributed by atoms with van der Waals surface area (Å²) in [6.07, 6.45) is 3.88. The Morgan fingerprint density at radius 2 is 1.80 bits per heavy atom. The molecule has 5 aromatic heterocycles. The first-order chi connectivity index (χ1) is 22.0.